The zero-order chi connectivity index (χ0) is 21.0. The number of aryl methyl sites for hydroxylation is 1. The number of nitrogens with zero attached hydrogens (tertiary/aromatic N) is 3. The molecule has 0 amide bonds. The van der Waals surface area contributed by atoms with Gasteiger partial charge in [-0.25, -0.2) is 4.98 Å². The molecular weight excluding hydrogens is 379 g/mol. The van der Waals surface area contributed by atoms with E-state index in [1.807, 2.05) is 19.9 Å². The topological polar surface area (TPSA) is 62.7 Å². The maximum absolute atomic E-state index is 13.1. The van der Waals surface area contributed by atoms with E-state index < -0.39 is 11.7 Å². The minimum Gasteiger partial charge on any atom is -0.352 e. The van der Waals surface area contributed by atoms with Crippen molar-refractivity contribution in [2.75, 3.05) is 10.6 Å². The van der Waals surface area contributed by atoms with E-state index in [2.05, 4.69) is 25.6 Å². The number of anilines is 3. The highest BCUT2D eigenvalue weighted by Gasteiger charge is 2.30. The average molecular weight is 401 g/mol. The van der Waals surface area contributed by atoms with Gasteiger partial charge in [-0.05, 0) is 50.1 Å². The van der Waals surface area contributed by atoms with Crippen LogP contribution in [0.5, 0.6) is 0 Å². The molecule has 29 heavy (non-hydrogen) atoms. The minimum absolute atomic E-state index is 0.141. The third kappa shape index (κ3) is 5.22. The van der Waals surface area contributed by atoms with Gasteiger partial charge in [0.2, 0.25) is 5.95 Å². The van der Waals surface area contributed by atoms with Gasteiger partial charge < -0.3 is 10.6 Å². The Morgan fingerprint density at radius 2 is 1.90 bits per heavy atom. The molecule has 3 rings (SSSR count). The molecule has 1 atom stereocenters. The lowest BCUT2D eigenvalue weighted by molar-refractivity contribution is -0.137. The molecule has 2 N–H and O–H groups in total. The summed E-state index contributed by atoms with van der Waals surface area (Å²) in [5, 5.41) is 6.23. The molecule has 0 aliphatic carbocycles. The molecule has 2 aromatic heterocycles. The molecule has 8 heteroatoms. The number of nitrogens with one attached hydrogen (secondary N) is 2. The lowest BCUT2D eigenvalue weighted by atomic mass is 10.1. The zero-order valence-electron chi connectivity index (χ0n) is 16.4. The van der Waals surface area contributed by atoms with Crippen molar-refractivity contribution < 1.29 is 13.2 Å². The Bertz CT molecular complexity index is 974. The van der Waals surface area contributed by atoms with Crippen molar-refractivity contribution in [3.05, 3.63) is 59.9 Å². The minimum atomic E-state index is -4.42. The van der Waals surface area contributed by atoms with Crippen LogP contribution in [0.2, 0.25) is 0 Å². The molecule has 2 heterocycles. The van der Waals surface area contributed by atoms with Gasteiger partial charge in [-0.1, -0.05) is 13.0 Å². The highest BCUT2D eigenvalue weighted by atomic mass is 19.4. The van der Waals surface area contributed by atoms with Crippen molar-refractivity contribution in [1.29, 1.82) is 0 Å². The summed E-state index contributed by atoms with van der Waals surface area (Å²) < 4.78 is 39.3. The lowest BCUT2D eigenvalue weighted by Crippen LogP contribution is -2.16. The van der Waals surface area contributed by atoms with Crippen molar-refractivity contribution in [2.24, 2.45) is 0 Å². The largest absolute Gasteiger partial charge is 0.416 e. The van der Waals surface area contributed by atoms with Gasteiger partial charge in [-0.15, -0.1) is 0 Å². The number of pyridine rings is 1. The molecule has 5 nitrogen and oxygen atoms in total. The van der Waals surface area contributed by atoms with Gasteiger partial charge in [0.25, 0.3) is 0 Å². The van der Waals surface area contributed by atoms with Crippen LogP contribution in [-0.2, 0) is 6.18 Å². The Morgan fingerprint density at radius 3 is 2.55 bits per heavy atom. The van der Waals surface area contributed by atoms with Crippen molar-refractivity contribution in [2.45, 2.75) is 39.4 Å². The summed E-state index contributed by atoms with van der Waals surface area (Å²) in [5.74, 6) is 0.792. The molecule has 3 aromatic rings. The van der Waals surface area contributed by atoms with Crippen LogP contribution < -0.4 is 10.6 Å². The lowest BCUT2D eigenvalue weighted by Gasteiger charge is -2.16. The summed E-state index contributed by atoms with van der Waals surface area (Å²) in [6, 6.07) is 9.08. The van der Waals surface area contributed by atoms with E-state index in [1.165, 1.54) is 6.07 Å². The van der Waals surface area contributed by atoms with E-state index in [-0.39, 0.29) is 6.04 Å². The van der Waals surface area contributed by atoms with E-state index >= 15 is 0 Å². The molecule has 0 saturated carbocycles. The standard InChI is InChI=1S/C21H22F3N5/c1-4-14(3)26-20-28-18(15-6-5-9-25-12-15)11-19(29-20)27-17-10-16(21(22,23)24)8-7-13(17)2/h5-12,14H,4H2,1-3H3,(H2,26,27,28,29)/t14-/m0/s1. The first kappa shape index (κ1) is 20.6. The van der Waals surface area contributed by atoms with Crippen LogP contribution in [0.3, 0.4) is 0 Å². The molecule has 0 radical (unpaired) electrons. The first-order chi connectivity index (χ1) is 13.8. The fourth-order valence-corrected chi connectivity index (χ4v) is 2.63. The number of halogens is 3. The zero-order valence-corrected chi connectivity index (χ0v) is 16.4. The molecule has 0 aliphatic heterocycles. The smallest absolute Gasteiger partial charge is 0.352 e. The van der Waals surface area contributed by atoms with Crippen LogP contribution in [-0.4, -0.2) is 21.0 Å². The van der Waals surface area contributed by atoms with Gasteiger partial charge in [0, 0.05) is 35.8 Å². The molecule has 152 valence electrons. The Hall–Kier alpha value is -3.16. The Balaban J connectivity index is 2.01. The molecule has 0 aliphatic rings. The second-order valence-corrected chi connectivity index (χ2v) is 6.81. The van der Waals surface area contributed by atoms with Gasteiger partial charge in [0.1, 0.15) is 5.82 Å². The number of aromatic nitrogens is 3. The van der Waals surface area contributed by atoms with Crippen molar-refractivity contribution >= 4 is 17.5 Å². The second-order valence-electron chi connectivity index (χ2n) is 6.81. The Labute approximate surface area is 167 Å². The summed E-state index contributed by atoms with van der Waals surface area (Å²) in [7, 11) is 0. The van der Waals surface area contributed by atoms with Crippen molar-refractivity contribution in [3.63, 3.8) is 0 Å². The number of alkyl halides is 3. The van der Waals surface area contributed by atoms with Crippen LogP contribution >= 0.6 is 0 Å². The number of benzene rings is 1. The number of hydrogen-bond donors (Lipinski definition) is 2. The normalized spacial score (nSPS) is 12.5. The fourth-order valence-electron chi connectivity index (χ4n) is 2.63. The molecule has 1 aromatic carbocycles. The molecule has 0 fully saturated rings. The molecular formula is C21H22F3N5. The van der Waals surface area contributed by atoms with Crippen molar-refractivity contribution in [1.82, 2.24) is 15.0 Å². The highest BCUT2D eigenvalue weighted by Crippen LogP contribution is 2.33. The second kappa shape index (κ2) is 8.46. The maximum Gasteiger partial charge on any atom is 0.416 e. The van der Waals surface area contributed by atoms with E-state index in [0.717, 1.165) is 24.1 Å². The van der Waals surface area contributed by atoms with Gasteiger partial charge in [-0.2, -0.15) is 18.2 Å². The van der Waals surface area contributed by atoms with E-state index in [1.54, 1.807) is 31.5 Å². The van der Waals surface area contributed by atoms with Crippen LogP contribution in [0.15, 0.2) is 48.8 Å². The van der Waals surface area contributed by atoms with Crippen LogP contribution in [0.1, 0.15) is 31.4 Å². The van der Waals surface area contributed by atoms with Gasteiger partial charge in [0.15, 0.2) is 0 Å². The summed E-state index contributed by atoms with van der Waals surface area (Å²) >= 11 is 0. The van der Waals surface area contributed by atoms with Gasteiger partial charge in [0.05, 0.1) is 11.3 Å². The molecule has 0 saturated heterocycles. The molecule has 0 spiro atoms. The fraction of sp³-hybridized carbons (Fsp3) is 0.286. The van der Waals surface area contributed by atoms with E-state index in [0.29, 0.717) is 28.7 Å². The Morgan fingerprint density at radius 1 is 1.10 bits per heavy atom. The van der Waals surface area contributed by atoms with Crippen molar-refractivity contribution in [3.8, 4) is 11.3 Å². The quantitative estimate of drug-likeness (QED) is 0.545. The number of rotatable bonds is 6. The summed E-state index contributed by atoms with van der Waals surface area (Å²) in [6.45, 7) is 5.78. The third-order valence-corrected chi connectivity index (χ3v) is 4.50. The maximum atomic E-state index is 13.1. The summed E-state index contributed by atoms with van der Waals surface area (Å²) in [4.78, 5) is 13.1. The first-order valence-corrected chi connectivity index (χ1v) is 9.27. The number of hydrogen-bond acceptors (Lipinski definition) is 5. The summed E-state index contributed by atoms with van der Waals surface area (Å²) in [6.07, 6.45) is -0.210. The van der Waals surface area contributed by atoms with Crippen LogP contribution in [0.25, 0.3) is 11.3 Å². The van der Waals surface area contributed by atoms with Gasteiger partial charge in [-0.3, -0.25) is 4.98 Å². The summed E-state index contributed by atoms with van der Waals surface area (Å²) in [5.41, 5.74) is 1.70. The first-order valence-electron chi connectivity index (χ1n) is 9.27. The van der Waals surface area contributed by atoms with Crippen LogP contribution in [0.4, 0.5) is 30.6 Å². The predicted molar refractivity (Wildman–Crippen MR) is 108 cm³/mol. The third-order valence-electron chi connectivity index (χ3n) is 4.50. The average Bonchev–Trinajstić information content (AvgIpc) is 2.69. The Kier molecular flexibility index (Phi) is 6.00. The monoisotopic (exact) mass is 401 g/mol. The molecule has 0 bridgehead atoms. The molecule has 0 unspecified atom stereocenters. The van der Waals surface area contributed by atoms with E-state index in [9.17, 15) is 13.2 Å². The SMILES string of the molecule is CC[C@H](C)Nc1nc(Nc2cc(C(F)(F)F)ccc2C)cc(-c2cccnc2)n1. The van der Waals surface area contributed by atoms with Gasteiger partial charge >= 0.3 is 6.18 Å². The van der Waals surface area contributed by atoms with E-state index in [4.69, 9.17) is 0 Å². The van der Waals surface area contributed by atoms with Crippen LogP contribution in [0, 0.1) is 6.92 Å². The predicted octanol–water partition coefficient (Wildman–Crippen LogP) is 5.82. The highest BCUT2D eigenvalue weighted by molar-refractivity contribution is 5.68.